The number of hydrogen-bond donors (Lipinski definition) is 0. The Morgan fingerprint density at radius 3 is 2.59 bits per heavy atom. The highest BCUT2D eigenvalue weighted by Gasteiger charge is 2.37. The van der Waals surface area contributed by atoms with Crippen molar-refractivity contribution < 1.29 is 4.79 Å². The second-order valence-electron chi connectivity index (χ2n) is 6.85. The molecular formula is C19H26N2O. The van der Waals surface area contributed by atoms with Gasteiger partial charge in [-0.1, -0.05) is 45.4 Å². The quantitative estimate of drug-likeness (QED) is 0.780. The minimum atomic E-state index is 0.0392. The van der Waals surface area contributed by atoms with Crippen LogP contribution in [0.25, 0.3) is 0 Å². The molecule has 0 radical (unpaired) electrons. The summed E-state index contributed by atoms with van der Waals surface area (Å²) in [5, 5.41) is 9.13. The minimum absolute atomic E-state index is 0.0392. The number of benzene rings is 1. The first-order valence-corrected chi connectivity index (χ1v) is 8.28. The van der Waals surface area contributed by atoms with Crippen LogP contribution in [-0.2, 0) is 4.79 Å². The molecule has 2 rings (SSSR count). The Labute approximate surface area is 133 Å². The highest BCUT2D eigenvalue weighted by atomic mass is 16.2. The maximum atomic E-state index is 13.1. The van der Waals surface area contributed by atoms with Crippen LogP contribution in [0.4, 0.5) is 5.69 Å². The van der Waals surface area contributed by atoms with E-state index < -0.39 is 0 Å². The Kier molecular flexibility index (Phi) is 5.60. The monoisotopic (exact) mass is 298 g/mol. The SMILES string of the molecule is CC1CCC(C(C)C)C(C(=O)N(CC#N)c2ccccc2)C1. The van der Waals surface area contributed by atoms with Gasteiger partial charge in [-0.05, 0) is 42.7 Å². The number of carbonyl (C=O) groups is 1. The Hall–Kier alpha value is -1.82. The lowest BCUT2D eigenvalue weighted by Crippen LogP contribution is -2.43. The van der Waals surface area contributed by atoms with Crippen LogP contribution < -0.4 is 4.90 Å². The zero-order valence-corrected chi connectivity index (χ0v) is 13.8. The maximum Gasteiger partial charge on any atom is 0.231 e. The highest BCUT2D eigenvalue weighted by Crippen LogP contribution is 2.39. The number of amides is 1. The second-order valence-corrected chi connectivity index (χ2v) is 6.85. The molecule has 1 aromatic rings. The first-order chi connectivity index (χ1) is 10.5. The molecule has 0 spiro atoms. The van der Waals surface area contributed by atoms with Crippen molar-refractivity contribution >= 4 is 11.6 Å². The van der Waals surface area contributed by atoms with Crippen LogP contribution in [0.3, 0.4) is 0 Å². The second kappa shape index (κ2) is 7.45. The minimum Gasteiger partial charge on any atom is -0.298 e. The molecular weight excluding hydrogens is 272 g/mol. The molecule has 0 bridgehead atoms. The van der Waals surface area contributed by atoms with Crippen molar-refractivity contribution in [1.29, 1.82) is 5.26 Å². The van der Waals surface area contributed by atoms with Crippen molar-refractivity contribution in [3.63, 3.8) is 0 Å². The number of rotatable bonds is 4. The molecule has 0 saturated heterocycles. The van der Waals surface area contributed by atoms with Gasteiger partial charge in [0.2, 0.25) is 5.91 Å². The molecule has 1 saturated carbocycles. The van der Waals surface area contributed by atoms with Gasteiger partial charge < -0.3 is 0 Å². The van der Waals surface area contributed by atoms with E-state index in [0.717, 1.165) is 18.5 Å². The summed E-state index contributed by atoms with van der Waals surface area (Å²) in [5.41, 5.74) is 0.829. The highest BCUT2D eigenvalue weighted by molar-refractivity contribution is 5.95. The van der Waals surface area contributed by atoms with Gasteiger partial charge in [0, 0.05) is 11.6 Å². The van der Waals surface area contributed by atoms with Crippen molar-refractivity contribution in [3.8, 4) is 6.07 Å². The molecule has 0 heterocycles. The van der Waals surface area contributed by atoms with Gasteiger partial charge in [0.15, 0.2) is 0 Å². The molecule has 22 heavy (non-hydrogen) atoms. The van der Waals surface area contributed by atoms with Gasteiger partial charge in [-0.2, -0.15) is 5.26 Å². The summed E-state index contributed by atoms with van der Waals surface area (Å²) in [4.78, 5) is 14.8. The van der Waals surface area contributed by atoms with E-state index in [1.165, 1.54) is 6.42 Å². The van der Waals surface area contributed by atoms with E-state index in [4.69, 9.17) is 5.26 Å². The third kappa shape index (κ3) is 3.68. The van der Waals surface area contributed by atoms with E-state index in [1.54, 1.807) is 4.90 Å². The van der Waals surface area contributed by atoms with Gasteiger partial charge >= 0.3 is 0 Å². The zero-order chi connectivity index (χ0) is 16.1. The first kappa shape index (κ1) is 16.5. The molecule has 3 heteroatoms. The predicted molar refractivity (Wildman–Crippen MR) is 89.2 cm³/mol. The van der Waals surface area contributed by atoms with Crippen LogP contribution >= 0.6 is 0 Å². The van der Waals surface area contributed by atoms with E-state index in [9.17, 15) is 4.79 Å². The summed E-state index contributed by atoms with van der Waals surface area (Å²) in [6.07, 6.45) is 3.26. The number of nitrogens with zero attached hydrogens (tertiary/aromatic N) is 2. The van der Waals surface area contributed by atoms with Crippen LogP contribution in [-0.4, -0.2) is 12.5 Å². The number of para-hydroxylation sites is 1. The number of anilines is 1. The van der Waals surface area contributed by atoms with Crippen LogP contribution in [0.2, 0.25) is 0 Å². The molecule has 1 aliphatic rings. The van der Waals surface area contributed by atoms with E-state index in [-0.39, 0.29) is 18.4 Å². The molecule has 1 amide bonds. The van der Waals surface area contributed by atoms with Crippen molar-refractivity contribution in [2.75, 3.05) is 11.4 Å². The summed E-state index contributed by atoms with van der Waals surface area (Å²) in [5.74, 6) is 1.67. The largest absolute Gasteiger partial charge is 0.298 e. The van der Waals surface area contributed by atoms with Crippen LogP contribution in [0.5, 0.6) is 0 Å². The molecule has 3 atom stereocenters. The molecule has 0 N–H and O–H groups in total. The normalized spacial score (nSPS) is 24.8. The van der Waals surface area contributed by atoms with Gasteiger partial charge in [-0.15, -0.1) is 0 Å². The fourth-order valence-corrected chi connectivity index (χ4v) is 3.66. The van der Waals surface area contributed by atoms with Crippen molar-refractivity contribution in [1.82, 2.24) is 0 Å². The van der Waals surface area contributed by atoms with E-state index in [0.29, 0.717) is 17.8 Å². The smallest absolute Gasteiger partial charge is 0.231 e. The van der Waals surface area contributed by atoms with Gasteiger partial charge in [-0.3, -0.25) is 9.69 Å². The molecule has 0 aliphatic heterocycles. The summed E-state index contributed by atoms with van der Waals surface area (Å²) >= 11 is 0. The third-order valence-corrected chi connectivity index (χ3v) is 4.90. The average Bonchev–Trinajstić information content (AvgIpc) is 2.52. The lowest BCUT2D eigenvalue weighted by atomic mass is 9.69. The lowest BCUT2D eigenvalue weighted by molar-refractivity contribution is -0.126. The van der Waals surface area contributed by atoms with Crippen molar-refractivity contribution in [3.05, 3.63) is 30.3 Å². The predicted octanol–water partition coefficient (Wildman–Crippen LogP) is 4.25. The Morgan fingerprint density at radius 1 is 1.32 bits per heavy atom. The number of carbonyl (C=O) groups excluding carboxylic acids is 1. The Bertz CT molecular complexity index is 532. The van der Waals surface area contributed by atoms with Crippen LogP contribution in [0.1, 0.15) is 40.0 Å². The molecule has 1 aromatic carbocycles. The van der Waals surface area contributed by atoms with Crippen molar-refractivity contribution in [2.45, 2.75) is 40.0 Å². The average molecular weight is 298 g/mol. The molecule has 3 nitrogen and oxygen atoms in total. The number of hydrogen-bond acceptors (Lipinski definition) is 2. The standard InChI is InChI=1S/C19H26N2O/c1-14(2)17-10-9-15(3)13-18(17)19(22)21(12-11-20)16-7-5-4-6-8-16/h4-8,14-15,17-18H,9-10,12-13H2,1-3H3. The molecule has 1 aliphatic carbocycles. The van der Waals surface area contributed by atoms with E-state index >= 15 is 0 Å². The third-order valence-electron chi connectivity index (χ3n) is 4.90. The van der Waals surface area contributed by atoms with Crippen LogP contribution in [0, 0.1) is 35.0 Å². The summed E-state index contributed by atoms with van der Waals surface area (Å²) in [7, 11) is 0. The van der Waals surface area contributed by atoms with E-state index in [2.05, 4.69) is 26.8 Å². The van der Waals surface area contributed by atoms with E-state index in [1.807, 2.05) is 30.3 Å². The lowest BCUT2D eigenvalue weighted by Gasteiger charge is -2.38. The maximum absolute atomic E-state index is 13.1. The Balaban J connectivity index is 2.26. The van der Waals surface area contributed by atoms with Crippen molar-refractivity contribution in [2.24, 2.45) is 23.7 Å². The van der Waals surface area contributed by atoms with Crippen LogP contribution in [0.15, 0.2) is 30.3 Å². The summed E-state index contributed by atoms with van der Waals surface area (Å²) < 4.78 is 0. The first-order valence-electron chi connectivity index (χ1n) is 8.28. The molecule has 3 unspecified atom stereocenters. The van der Waals surface area contributed by atoms with Gasteiger partial charge in [-0.25, -0.2) is 0 Å². The van der Waals surface area contributed by atoms with Gasteiger partial charge in [0.05, 0.1) is 6.07 Å². The fraction of sp³-hybridized carbons (Fsp3) is 0.579. The molecule has 1 fully saturated rings. The number of nitriles is 1. The Morgan fingerprint density at radius 2 is 2.00 bits per heavy atom. The zero-order valence-electron chi connectivity index (χ0n) is 13.8. The molecule has 118 valence electrons. The van der Waals surface area contributed by atoms with Gasteiger partial charge in [0.1, 0.15) is 6.54 Å². The molecule has 0 aromatic heterocycles. The summed E-state index contributed by atoms with van der Waals surface area (Å²) in [6, 6.07) is 11.7. The topological polar surface area (TPSA) is 44.1 Å². The fourth-order valence-electron chi connectivity index (χ4n) is 3.66. The summed E-state index contributed by atoms with van der Waals surface area (Å²) in [6.45, 7) is 6.77. The van der Waals surface area contributed by atoms with Gasteiger partial charge in [0.25, 0.3) is 0 Å².